The second-order valence-electron chi connectivity index (χ2n) is 4.19. The van der Waals surface area contributed by atoms with Crippen molar-refractivity contribution in [3.05, 3.63) is 48.0 Å². The van der Waals surface area contributed by atoms with E-state index in [0.717, 1.165) is 8.47 Å². The number of carbonyl (C=O) groups is 1. The Hall–Kier alpha value is -1.78. The minimum absolute atomic E-state index is 0.0395. The van der Waals surface area contributed by atoms with Crippen LogP contribution < -0.4 is 5.56 Å². The van der Waals surface area contributed by atoms with Crippen LogP contribution in [-0.2, 0) is 6.54 Å². The second kappa shape index (κ2) is 5.69. The molecule has 0 bridgehead atoms. The minimum atomic E-state index is -0.528. The zero-order valence-electron chi connectivity index (χ0n) is 10.8. The van der Waals surface area contributed by atoms with Gasteiger partial charge >= 0.3 is 0 Å². The van der Waals surface area contributed by atoms with Gasteiger partial charge in [0.2, 0.25) is 0 Å². The molecule has 0 aliphatic carbocycles. The highest BCUT2D eigenvalue weighted by molar-refractivity contribution is 9.11. The fourth-order valence-electron chi connectivity index (χ4n) is 1.69. The normalized spacial score (nSPS) is 10.3. The maximum Gasteiger partial charge on any atom is 0.285 e. The van der Waals surface area contributed by atoms with Crippen molar-refractivity contribution in [3.63, 3.8) is 0 Å². The van der Waals surface area contributed by atoms with Crippen molar-refractivity contribution in [2.75, 3.05) is 0 Å². The molecule has 0 aliphatic rings. The molecule has 0 atom stereocenters. The van der Waals surface area contributed by atoms with Crippen LogP contribution in [0.15, 0.2) is 20.7 Å². The third-order valence-corrected chi connectivity index (χ3v) is 4.55. The Bertz CT molecular complexity index is 786. The van der Waals surface area contributed by atoms with E-state index in [9.17, 15) is 9.59 Å². The predicted molar refractivity (Wildman–Crippen MR) is 79.0 cm³/mol. The number of carbonyl (C=O) groups excluding carboxylic acids is 1. The maximum absolute atomic E-state index is 12.1. The van der Waals surface area contributed by atoms with E-state index in [1.807, 2.05) is 6.07 Å². The van der Waals surface area contributed by atoms with Crippen LogP contribution in [0.5, 0.6) is 0 Å². The molecule has 0 spiro atoms. The number of ketones is 1. The van der Waals surface area contributed by atoms with E-state index in [-0.39, 0.29) is 17.9 Å². The minimum Gasteiger partial charge on any atom is -0.291 e. The van der Waals surface area contributed by atoms with E-state index in [4.69, 9.17) is 5.26 Å². The molecule has 0 unspecified atom stereocenters. The van der Waals surface area contributed by atoms with Gasteiger partial charge in [-0.1, -0.05) is 0 Å². The second-order valence-corrected chi connectivity index (χ2v) is 6.65. The summed E-state index contributed by atoms with van der Waals surface area (Å²) in [6.07, 6.45) is 0. The standard InChI is InChI=1S/C13H10BrN3O2S/c1-7-8(2)16-17(13(19)9(7)5-15)6-10(18)11-3-4-12(14)20-11/h3-4H,6H2,1-2H3. The van der Waals surface area contributed by atoms with Crippen LogP contribution in [0.2, 0.25) is 0 Å². The van der Waals surface area contributed by atoms with E-state index in [2.05, 4.69) is 21.0 Å². The summed E-state index contributed by atoms with van der Waals surface area (Å²) in [5, 5.41) is 13.1. The van der Waals surface area contributed by atoms with E-state index in [0.29, 0.717) is 16.1 Å². The van der Waals surface area contributed by atoms with Gasteiger partial charge < -0.3 is 0 Å². The number of aromatic nitrogens is 2. The van der Waals surface area contributed by atoms with Crippen LogP contribution in [0.25, 0.3) is 0 Å². The van der Waals surface area contributed by atoms with Crippen molar-refractivity contribution in [2.24, 2.45) is 0 Å². The van der Waals surface area contributed by atoms with Gasteiger partial charge in [0, 0.05) is 0 Å². The Labute approximate surface area is 127 Å². The van der Waals surface area contributed by atoms with Gasteiger partial charge in [0.15, 0.2) is 5.78 Å². The lowest BCUT2D eigenvalue weighted by atomic mass is 10.1. The first-order chi connectivity index (χ1) is 9.43. The first kappa shape index (κ1) is 14.6. The molecule has 0 aromatic carbocycles. The smallest absolute Gasteiger partial charge is 0.285 e. The molecular formula is C13H10BrN3O2S. The van der Waals surface area contributed by atoms with Gasteiger partial charge in [-0.3, -0.25) is 9.59 Å². The highest BCUT2D eigenvalue weighted by Gasteiger charge is 2.15. The fourth-order valence-corrected chi connectivity index (χ4v) is 3.00. The first-order valence-corrected chi connectivity index (χ1v) is 7.32. The first-order valence-electron chi connectivity index (χ1n) is 5.71. The number of hydrogen-bond donors (Lipinski definition) is 0. The topological polar surface area (TPSA) is 75.8 Å². The summed E-state index contributed by atoms with van der Waals surface area (Å²) in [5.74, 6) is -0.206. The predicted octanol–water partition coefficient (Wildman–Crippen LogP) is 2.44. The number of Topliss-reactive ketones (excluding diaryl/α,β-unsaturated/α-hetero) is 1. The quantitative estimate of drug-likeness (QED) is 0.795. The number of thiophene rings is 1. The van der Waals surface area contributed by atoms with Gasteiger partial charge in [0.1, 0.15) is 18.2 Å². The SMILES string of the molecule is Cc1nn(CC(=O)c2ccc(Br)s2)c(=O)c(C#N)c1C. The summed E-state index contributed by atoms with van der Waals surface area (Å²) < 4.78 is 1.90. The molecule has 102 valence electrons. The third kappa shape index (κ3) is 2.71. The Morgan fingerprint density at radius 3 is 2.75 bits per heavy atom. The van der Waals surface area contributed by atoms with Gasteiger partial charge in [-0.25, -0.2) is 4.68 Å². The zero-order valence-corrected chi connectivity index (χ0v) is 13.2. The molecule has 0 saturated heterocycles. The van der Waals surface area contributed by atoms with Crippen LogP contribution in [0.3, 0.4) is 0 Å². The number of nitrogens with zero attached hydrogens (tertiary/aromatic N) is 3. The summed E-state index contributed by atoms with van der Waals surface area (Å²) in [6, 6.07) is 5.33. The third-order valence-electron chi connectivity index (χ3n) is 2.89. The molecule has 2 rings (SSSR count). The van der Waals surface area contributed by atoms with E-state index >= 15 is 0 Å². The number of halogens is 1. The monoisotopic (exact) mass is 351 g/mol. The lowest BCUT2D eigenvalue weighted by Gasteiger charge is -2.07. The van der Waals surface area contributed by atoms with E-state index in [1.165, 1.54) is 11.3 Å². The highest BCUT2D eigenvalue weighted by atomic mass is 79.9. The zero-order chi connectivity index (χ0) is 14.9. The maximum atomic E-state index is 12.1. The fraction of sp³-hybridized carbons (Fsp3) is 0.231. The molecular weight excluding hydrogens is 342 g/mol. The highest BCUT2D eigenvalue weighted by Crippen LogP contribution is 2.22. The molecule has 0 fully saturated rings. The van der Waals surface area contributed by atoms with Crippen molar-refractivity contribution >= 4 is 33.0 Å². The van der Waals surface area contributed by atoms with Crippen molar-refractivity contribution in [2.45, 2.75) is 20.4 Å². The lowest BCUT2D eigenvalue weighted by Crippen LogP contribution is -2.30. The van der Waals surface area contributed by atoms with Gasteiger partial charge in [0.05, 0.1) is 14.4 Å². The largest absolute Gasteiger partial charge is 0.291 e. The number of aryl methyl sites for hydroxylation is 1. The molecule has 2 aromatic heterocycles. The molecule has 0 amide bonds. The number of nitriles is 1. The Morgan fingerprint density at radius 1 is 1.50 bits per heavy atom. The molecule has 5 nitrogen and oxygen atoms in total. The van der Waals surface area contributed by atoms with Crippen molar-refractivity contribution in [1.82, 2.24) is 9.78 Å². The summed E-state index contributed by atoms with van der Waals surface area (Å²) in [5.41, 5.74) is 0.638. The van der Waals surface area contributed by atoms with Crippen molar-refractivity contribution in [1.29, 1.82) is 5.26 Å². The molecule has 2 heterocycles. The molecule has 7 heteroatoms. The van der Waals surface area contributed by atoms with Gasteiger partial charge in [-0.05, 0) is 47.5 Å². The molecule has 0 saturated carbocycles. The van der Waals surface area contributed by atoms with Crippen molar-refractivity contribution in [3.8, 4) is 6.07 Å². The molecule has 2 aromatic rings. The van der Waals surface area contributed by atoms with E-state index < -0.39 is 5.56 Å². The lowest BCUT2D eigenvalue weighted by molar-refractivity contribution is 0.0969. The Morgan fingerprint density at radius 2 is 2.20 bits per heavy atom. The van der Waals surface area contributed by atoms with Gasteiger partial charge in [-0.2, -0.15) is 10.4 Å². The molecule has 0 aliphatic heterocycles. The Balaban J connectivity index is 2.40. The molecule has 0 radical (unpaired) electrons. The van der Waals surface area contributed by atoms with Crippen LogP contribution in [0.4, 0.5) is 0 Å². The number of rotatable bonds is 3. The molecule has 0 N–H and O–H groups in total. The van der Waals surface area contributed by atoms with Gasteiger partial charge in [0.25, 0.3) is 5.56 Å². The van der Waals surface area contributed by atoms with Crippen LogP contribution in [0.1, 0.15) is 26.5 Å². The average Bonchev–Trinajstić information content (AvgIpc) is 2.83. The molecule has 20 heavy (non-hydrogen) atoms. The summed E-state index contributed by atoms with van der Waals surface area (Å²) in [6.45, 7) is 3.21. The summed E-state index contributed by atoms with van der Waals surface area (Å²) in [7, 11) is 0. The summed E-state index contributed by atoms with van der Waals surface area (Å²) in [4.78, 5) is 24.7. The number of hydrogen-bond acceptors (Lipinski definition) is 5. The van der Waals surface area contributed by atoms with Crippen LogP contribution in [0, 0.1) is 25.2 Å². The Kier molecular flexibility index (Phi) is 4.16. The van der Waals surface area contributed by atoms with Crippen molar-refractivity contribution < 1.29 is 4.79 Å². The van der Waals surface area contributed by atoms with Crippen LogP contribution >= 0.6 is 27.3 Å². The summed E-state index contributed by atoms with van der Waals surface area (Å²) >= 11 is 4.58. The van der Waals surface area contributed by atoms with E-state index in [1.54, 1.807) is 26.0 Å². The average molecular weight is 352 g/mol. The van der Waals surface area contributed by atoms with Gasteiger partial charge in [-0.15, -0.1) is 11.3 Å². The van der Waals surface area contributed by atoms with Crippen LogP contribution in [-0.4, -0.2) is 15.6 Å².